The molecule has 0 fully saturated rings. The standard InChI is InChI=1S/C13H18O/c1-13(2)7-3-4-11-6-5-10(9-14)8-12(11)13/h5-6,8,14H,3-4,7,9H2,1-2H3. The smallest absolute Gasteiger partial charge is 0.0681 e. The zero-order chi connectivity index (χ0) is 10.2. The van der Waals surface area contributed by atoms with Crippen LogP contribution in [0.25, 0.3) is 0 Å². The maximum absolute atomic E-state index is 9.11. The van der Waals surface area contributed by atoms with E-state index in [1.807, 2.05) is 6.07 Å². The van der Waals surface area contributed by atoms with Crippen molar-refractivity contribution in [3.05, 3.63) is 34.9 Å². The Bertz CT molecular complexity index is 339. The monoisotopic (exact) mass is 190 g/mol. The fraction of sp³-hybridized carbons (Fsp3) is 0.538. The molecule has 0 atom stereocenters. The number of hydrogen-bond donors (Lipinski definition) is 1. The molecular weight excluding hydrogens is 172 g/mol. The highest BCUT2D eigenvalue weighted by atomic mass is 16.3. The zero-order valence-corrected chi connectivity index (χ0v) is 9.01. The number of aliphatic hydroxyl groups excluding tert-OH is 1. The van der Waals surface area contributed by atoms with Gasteiger partial charge in [0.2, 0.25) is 0 Å². The van der Waals surface area contributed by atoms with Gasteiger partial charge in [-0.15, -0.1) is 0 Å². The van der Waals surface area contributed by atoms with Crippen molar-refractivity contribution in [2.45, 2.75) is 45.1 Å². The molecule has 1 aliphatic carbocycles. The van der Waals surface area contributed by atoms with Crippen LogP contribution in [0.5, 0.6) is 0 Å². The van der Waals surface area contributed by atoms with E-state index in [0.717, 1.165) is 5.56 Å². The highest BCUT2D eigenvalue weighted by Gasteiger charge is 2.26. The van der Waals surface area contributed by atoms with Gasteiger partial charge in [-0.2, -0.15) is 0 Å². The molecule has 0 aliphatic heterocycles. The normalized spacial score (nSPS) is 19.1. The van der Waals surface area contributed by atoms with E-state index >= 15 is 0 Å². The molecule has 1 heteroatoms. The predicted molar refractivity (Wildman–Crippen MR) is 58.3 cm³/mol. The minimum atomic E-state index is 0.156. The van der Waals surface area contributed by atoms with Crippen molar-refractivity contribution in [3.8, 4) is 0 Å². The summed E-state index contributed by atoms with van der Waals surface area (Å²) >= 11 is 0. The fourth-order valence-electron chi connectivity index (χ4n) is 2.43. The first kappa shape index (κ1) is 9.72. The van der Waals surface area contributed by atoms with Crippen LogP contribution in [0.1, 0.15) is 43.4 Å². The van der Waals surface area contributed by atoms with Gasteiger partial charge in [0.1, 0.15) is 0 Å². The Morgan fingerprint density at radius 1 is 1.36 bits per heavy atom. The third kappa shape index (κ3) is 1.57. The summed E-state index contributed by atoms with van der Waals surface area (Å²) < 4.78 is 0. The number of rotatable bonds is 1. The van der Waals surface area contributed by atoms with E-state index in [4.69, 9.17) is 5.11 Å². The van der Waals surface area contributed by atoms with Gasteiger partial charge in [0.15, 0.2) is 0 Å². The van der Waals surface area contributed by atoms with Crippen LogP contribution in [0.4, 0.5) is 0 Å². The van der Waals surface area contributed by atoms with Gasteiger partial charge in [0, 0.05) is 0 Å². The minimum absolute atomic E-state index is 0.156. The average Bonchev–Trinajstić information content (AvgIpc) is 2.17. The summed E-state index contributed by atoms with van der Waals surface area (Å²) in [5.74, 6) is 0. The van der Waals surface area contributed by atoms with Crippen LogP contribution < -0.4 is 0 Å². The highest BCUT2D eigenvalue weighted by molar-refractivity contribution is 5.38. The van der Waals surface area contributed by atoms with Gasteiger partial charge in [-0.05, 0) is 41.4 Å². The molecule has 0 radical (unpaired) electrons. The Kier molecular flexibility index (Phi) is 2.36. The van der Waals surface area contributed by atoms with E-state index in [2.05, 4.69) is 26.0 Å². The third-order valence-corrected chi connectivity index (χ3v) is 3.33. The molecule has 0 unspecified atom stereocenters. The Hall–Kier alpha value is -0.820. The summed E-state index contributed by atoms with van der Waals surface area (Å²) in [6.07, 6.45) is 3.75. The van der Waals surface area contributed by atoms with Crippen LogP contribution in [0.2, 0.25) is 0 Å². The molecule has 0 saturated carbocycles. The van der Waals surface area contributed by atoms with Crippen LogP contribution >= 0.6 is 0 Å². The maximum Gasteiger partial charge on any atom is 0.0681 e. The lowest BCUT2D eigenvalue weighted by molar-refractivity contribution is 0.281. The summed E-state index contributed by atoms with van der Waals surface area (Å²) in [5.41, 5.74) is 4.24. The van der Waals surface area contributed by atoms with Crippen LogP contribution in [0.15, 0.2) is 18.2 Å². The largest absolute Gasteiger partial charge is 0.392 e. The molecule has 2 rings (SSSR count). The molecule has 0 aromatic heterocycles. The average molecular weight is 190 g/mol. The molecule has 0 bridgehead atoms. The molecule has 0 saturated heterocycles. The van der Waals surface area contributed by atoms with Gasteiger partial charge in [-0.3, -0.25) is 0 Å². The second-order valence-corrected chi connectivity index (χ2v) is 4.89. The fourth-order valence-corrected chi connectivity index (χ4v) is 2.43. The van der Waals surface area contributed by atoms with E-state index < -0.39 is 0 Å². The number of aliphatic hydroxyl groups is 1. The zero-order valence-electron chi connectivity index (χ0n) is 9.01. The maximum atomic E-state index is 9.11. The lowest BCUT2D eigenvalue weighted by Crippen LogP contribution is -2.23. The van der Waals surface area contributed by atoms with Crippen molar-refractivity contribution >= 4 is 0 Å². The van der Waals surface area contributed by atoms with E-state index in [9.17, 15) is 0 Å². The van der Waals surface area contributed by atoms with Gasteiger partial charge < -0.3 is 5.11 Å². The van der Waals surface area contributed by atoms with Gasteiger partial charge in [-0.1, -0.05) is 32.0 Å². The minimum Gasteiger partial charge on any atom is -0.392 e. The summed E-state index contributed by atoms with van der Waals surface area (Å²) in [4.78, 5) is 0. The molecule has 76 valence electrons. The first-order valence-electron chi connectivity index (χ1n) is 5.36. The van der Waals surface area contributed by atoms with Crippen molar-refractivity contribution in [3.63, 3.8) is 0 Å². The van der Waals surface area contributed by atoms with Crippen molar-refractivity contribution in [1.82, 2.24) is 0 Å². The molecule has 14 heavy (non-hydrogen) atoms. The second kappa shape index (κ2) is 3.39. The summed E-state index contributed by atoms with van der Waals surface area (Å²) in [7, 11) is 0. The predicted octanol–water partition coefficient (Wildman–Crippen LogP) is 2.79. The van der Waals surface area contributed by atoms with Gasteiger partial charge in [-0.25, -0.2) is 0 Å². The number of fused-ring (bicyclic) bond motifs is 1. The Morgan fingerprint density at radius 3 is 2.86 bits per heavy atom. The topological polar surface area (TPSA) is 20.2 Å². The Labute approximate surface area is 85.8 Å². The SMILES string of the molecule is CC1(C)CCCc2ccc(CO)cc21. The quantitative estimate of drug-likeness (QED) is 0.722. The Balaban J connectivity index is 2.49. The second-order valence-electron chi connectivity index (χ2n) is 4.89. The molecule has 0 spiro atoms. The molecule has 0 heterocycles. The third-order valence-electron chi connectivity index (χ3n) is 3.33. The Morgan fingerprint density at radius 2 is 2.14 bits per heavy atom. The van der Waals surface area contributed by atoms with Crippen molar-refractivity contribution < 1.29 is 5.11 Å². The summed E-state index contributed by atoms with van der Waals surface area (Å²) in [5, 5.41) is 9.11. The summed E-state index contributed by atoms with van der Waals surface area (Å²) in [6, 6.07) is 6.40. The van der Waals surface area contributed by atoms with E-state index in [1.165, 1.54) is 30.4 Å². The van der Waals surface area contributed by atoms with Crippen molar-refractivity contribution in [2.24, 2.45) is 0 Å². The van der Waals surface area contributed by atoms with Crippen LogP contribution in [0, 0.1) is 0 Å². The molecule has 1 nitrogen and oxygen atoms in total. The molecule has 1 N–H and O–H groups in total. The van der Waals surface area contributed by atoms with Crippen LogP contribution in [-0.2, 0) is 18.4 Å². The van der Waals surface area contributed by atoms with Gasteiger partial charge in [0.25, 0.3) is 0 Å². The molecule has 1 aromatic carbocycles. The lowest BCUT2D eigenvalue weighted by atomic mass is 9.72. The van der Waals surface area contributed by atoms with Crippen molar-refractivity contribution in [2.75, 3.05) is 0 Å². The molecule has 1 aromatic rings. The van der Waals surface area contributed by atoms with E-state index in [1.54, 1.807) is 0 Å². The molecule has 1 aliphatic rings. The number of benzene rings is 1. The lowest BCUT2D eigenvalue weighted by Gasteiger charge is -2.32. The highest BCUT2D eigenvalue weighted by Crippen LogP contribution is 2.36. The molecule has 0 amide bonds. The van der Waals surface area contributed by atoms with Gasteiger partial charge in [0.05, 0.1) is 6.61 Å². The van der Waals surface area contributed by atoms with Gasteiger partial charge >= 0.3 is 0 Å². The summed E-state index contributed by atoms with van der Waals surface area (Å²) in [6.45, 7) is 4.75. The number of aryl methyl sites for hydroxylation is 1. The van der Waals surface area contributed by atoms with E-state index in [0.29, 0.717) is 5.41 Å². The number of hydrogen-bond acceptors (Lipinski definition) is 1. The molecular formula is C13H18O. The van der Waals surface area contributed by atoms with Crippen molar-refractivity contribution in [1.29, 1.82) is 0 Å². The van der Waals surface area contributed by atoms with Crippen LogP contribution in [0.3, 0.4) is 0 Å². The first-order valence-corrected chi connectivity index (χ1v) is 5.36. The first-order chi connectivity index (χ1) is 6.63. The van der Waals surface area contributed by atoms with Crippen LogP contribution in [-0.4, -0.2) is 5.11 Å². The van der Waals surface area contributed by atoms with E-state index in [-0.39, 0.29) is 6.61 Å².